The van der Waals surface area contributed by atoms with E-state index in [0.717, 1.165) is 25.1 Å². The molecule has 4 nitrogen and oxygen atoms in total. The zero-order valence-corrected chi connectivity index (χ0v) is 10.4. The molecule has 1 fully saturated rings. The Morgan fingerprint density at radius 2 is 2.41 bits per heavy atom. The number of hydrogen-bond acceptors (Lipinski definition) is 3. The van der Waals surface area contributed by atoms with Crippen molar-refractivity contribution in [3.05, 3.63) is 29.6 Å². The van der Waals surface area contributed by atoms with Crippen LogP contribution in [0, 0.1) is 12.3 Å². The molecule has 0 spiro atoms. The molecule has 1 aliphatic rings. The summed E-state index contributed by atoms with van der Waals surface area (Å²) in [5.41, 5.74) is 7.50. The van der Waals surface area contributed by atoms with E-state index < -0.39 is 0 Å². The number of hydrogen-bond donors (Lipinski definition) is 1. The van der Waals surface area contributed by atoms with Crippen LogP contribution in [0.4, 0.5) is 0 Å². The van der Waals surface area contributed by atoms with Crippen LogP contribution in [0.3, 0.4) is 0 Å². The first-order valence-corrected chi connectivity index (χ1v) is 5.96. The van der Waals surface area contributed by atoms with Crippen molar-refractivity contribution in [3.63, 3.8) is 0 Å². The zero-order valence-electron chi connectivity index (χ0n) is 10.4. The largest absolute Gasteiger partial charge is 0.338 e. The second-order valence-electron chi connectivity index (χ2n) is 5.18. The molecular formula is C13H19N3O. The number of amides is 1. The summed E-state index contributed by atoms with van der Waals surface area (Å²) in [4.78, 5) is 18.2. The first kappa shape index (κ1) is 12.0. The molecule has 2 heterocycles. The normalized spacial score (nSPS) is 24.1. The van der Waals surface area contributed by atoms with Crippen molar-refractivity contribution in [1.82, 2.24) is 9.88 Å². The molecule has 2 N–H and O–H groups in total. The molecule has 1 aromatic rings. The van der Waals surface area contributed by atoms with E-state index in [9.17, 15) is 4.79 Å². The van der Waals surface area contributed by atoms with Gasteiger partial charge in [-0.05, 0) is 36.9 Å². The lowest BCUT2D eigenvalue weighted by molar-refractivity contribution is 0.0775. The molecule has 0 radical (unpaired) electrons. The van der Waals surface area contributed by atoms with Crippen LogP contribution in [0.1, 0.15) is 29.3 Å². The number of nitrogens with zero attached hydrogens (tertiary/aromatic N) is 2. The number of aromatic nitrogens is 1. The quantitative estimate of drug-likeness (QED) is 0.835. The van der Waals surface area contributed by atoms with Gasteiger partial charge in [0.1, 0.15) is 0 Å². The fourth-order valence-electron chi connectivity index (χ4n) is 2.22. The first-order valence-electron chi connectivity index (χ1n) is 5.96. The van der Waals surface area contributed by atoms with Crippen molar-refractivity contribution in [2.45, 2.75) is 20.3 Å². The summed E-state index contributed by atoms with van der Waals surface area (Å²) < 4.78 is 0. The minimum absolute atomic E-state index is 0.0752. The summed E-state index contributed by atoms with van der Waals surface area (Å²) in [6, 6.07) is 1.87. The Labute approximate surface area is 102 Å². The van der Waals surface area contributed by atoms with Crippen LogP contribution in [-0.4, -0.2) is 35.4 Å². The Morgan fingerprint density at radius 1 is 1.65 bits per heavy atom. The van der Waals surface area contributed by atoms with E-state index in [1.54, 1.807) is 12.4 Å². The molecule has 2 rings (SSSR count). The van der Waals surface area contributed by atoms with Crippen LogP contribution in [0.5, 0.6) is 0 Å². The summed E-state index contributed by atoms with van der Waals surface area (Å²) in [5.74, 6) is 0.0766. The van der Waals surface area contributed by atoms with E-state index in [1.165, 1.54) is 0 Å². The van der Waals surface area contributed by atoms with Crippen LogP contribution >= 0.6 is 0 Å². The third-order valence-corrected chi connectivity index (χ3v) is 3.61. The number of carbonyl (C=O) groups excluding carboxylic acids is 1. The lowest BCUT2D eigenvalue weighted by Crippen LogP contribution is -2.34. The fraction of sp³-hybridized carbons (Fsp3) is 0.538. The highest BCUT2D eigenvalue weighted by Crippen LogP contribution is 2.29. The average molecular weight is 233 g/mol. The second kappa shape index (κ2) is 4.45. The Balaban J connectivity index is 2.15. The van der Waals surface area contributed by atoms with Crippen molar-refractivity contribution in [1.29, 1.82) is 0 Å². The number of aryl methyl sites for hydroxylation is 1. The molecule has 1 amide bonds. The number of rotatable bonds is 2. The van der Waals surface area contributed by atoms with E-state index in [0.29, 0.717) is 12.1 Å². The van der Waals surface area contributed by atoms with Gasteiger partial charge in [0.15, 0.2) is 0 Å². The van der Waals surface area contributed by atoms with Gasteiger partial charge in [-0.25, -0.2) is 0 Å². The maximum absolute atomic E-state index is 12.3. The summed E-state index contributed by atoms with van der Waals surface area (Å²) in [6.07, 6.45) is 4.34. The molecule has 1 aromatic heterocycles. The van der Waals surface area contributed by atoms with Crippen molar-refractivity contribution < 1.29 is 4.79 Å². The molecule has 1 aliphatic heterocycles. The van der Waals surface area contributed by atoms with E-state index >= 15 is 0 Å². The lowest BCUT2D eigenvalue weighted by Gasteiger charge is -2.22. The van der Waals surface area contributed by atoms with E-state index in [-0.39, 0.29) is 11.3 Å². The molecule has 0 aromatic carbocycles. The van der Waals surface area contributed by atoms with Gasteiger partial charge in [-0.15, -0.1) is 0 Å². The Hall–Kier alpha value is -1.42. The molecule has 92 valence electrons. The Bertz CT molecular complexity index is 432. The zero-order chi connectivity index (χ0) is 12.5. The molecule has 4 heteroatoms. The minimum Gasteiger partial charge on any atom is -0.338 e. The van der Waals surface area contributed by atoms with E-state index in [1.807, 2.05) is 17.9 Å². The van der Waals surface area contributed by atoms with Gasteiger partial charge in [-0.1, -0.05) is 6.92 Å². The molecule has 1 atom stereocenters. The van der Waals surface area contributed by atoms with E-state index in [2.05, 4.69) is 11.9 Å². The highest BCUT2D eigenvalue weighted by atomic mass is 16.2. The molecule has 1 saturated heterocycles. The lowest BCUT2D eigenvalue weighted by atomic mass is 9.90. The predicted molar refractivity (Wildman–Crippen MR) is 66.7 cm³/mol. The molecule has 0 saturated carbocycles. The predicted octanol–water partition coefficient (Wildman–Crippen LogP) is 1.20. The topological polar surface area (TPSA) is 59.2 Å². The van der Waals surface area contributed by atoms with Gasteiger partial charge < -0.3 is 10.6 Å². The highest BCUT2D eigenvalue weighted by Gasteiger charge is 2.35. The van der Waals surface area contributed by atoms with Crippen molar-refractivity contribution >= 4 is 5.91 Å². The Morgan fingerprint density at radius 3 is 3.00 bits per heavy atom. The van der Waals surface area contributed by atoms with Crippen molar-refractivity contribution in [3.8, 4) is 0 Å². The number of nitrogens with two attached hydrogens (primary N) is 1. The minimum atomic E-state index is 0.0752. The maximum atomic E-state index is 12.3. The third-order valence-electron chi connectivity index (χ3n) is 3.61. The summed E-state index contributed by atoms with van der Waals surface area (Å²) in [6.45, 7) is 6.24. The maximum Gasteiger partial charge on any atom is 0.255 e. The molecule has 0 bridgehead atoms. The number of carbonyl (C=O) groups is 1. The van der Waals surface area contributed by atoms with Gasteiger partial charge in [0.2, 0.25) is 0 Å². The van der Waals surface area contributed by atoms with Gasteiger partial charge in [-0.2, -0.15) is 0 Å². The molecule has 17 heavy (non-hydrogen) atoms. The van der Waals surface area contributed by atoms with Gasteiger partial charge >= 0.3 is 0 Å². The monoisotopic (exact) mass is 233 g/mol. The SMILES string of the molecule is Cc1ccncc1C(=O)N1CCC(C)(CN)C1. The van der Waals surface area contributed by atoms with E-state index in [4.69, 9.17) is 5.73 Å². The summed E-state index contributed by atoms with van der Waals surface area (Å²) in [7, 11) is 0. The van der Waals surface area contributed by atoms with Crippen LogP contribution in [0.25, 0.3) is 0 Å². The van der Waals surface area contributed by atoms with Crippen LogP contribution in [-0.2, 0) is 0 Å². The first-order chi connectivity index (χ1) is 8.06. The van der Waals surface area contributed by atoms with Crippen LogP contribution < -0.4 is 5.73 Å². The molecular weight excluding hydrogens is 214 g/mol. The van der Waals surface area contributed by atoms with Crippen molar-refractivity contribution in [2.75, 3.05) is 19.6 Å². The standard InChI is InChI=1S/C13H19N3O/c1-10-3-5-15-7-11(10)12(17)16-6-4-13(2,8-14)9-16/h3,5,7H,4,6,8-9,14H2,1-2H3. The average Bonchev–Trinajstić information content (AvgIpc) is 2.73. The second-order valence-corrected chi connectivity index (χ2v) is 5.18. The van der Waals surface area contributed by atoms with Gasteiger partial charge in [-0.3, -0.25) is 9.78 Å². The summed E-state index contributed by atoms with van der Waals surface area (Å²) in [5, 5.41) is 0. The van der Waals surface area contributed by atoms with Gasteiger partial charge in [0.25, 0.3) is 5.91 Å². The fourth-order valence-corrected chi connectivity index (χ4v) is 2.22. The van der Waals surface area contributed by atoms with Crippen molar-refractivity contribution in [2.24, 2.45) is 11.1 Å². The van der Waals surface area contributed by atoms with Gasteiger partial charge in [0, 0.05) is 25.5 Å². The molecule has 0 aliphatic carbocycles. The van der Waals surface area contributed by atoms with Gasteiger partial charge in [0.05, 0.1) is 5.56 Å². The molecule has 1 unspecified atom stereocenters. The number of pyridine rings is 1. The third kappa shape index (κ3) is 2.31. The summed E-state index contributed by atoms with van der Waals surface area (Å²) >= 11 is 0. The number of likely N-dealkylation sites (tertiary alicyclic amines) is 1. The Kier molecular flexibility index (Phi) is 3.15. The highest BCUT2D eigenvalue weighted by molar-refractivity contribution is 5.95. The smallest absolute Gasteiger partial charge is 0.255 e. The van der Waals surface area contributed by atoms with Crippen LogP contribution in [0.15, 0.2) is 18.5 Å². The van der Waals surface area contributed by atoms with Crippen LogP contribution in [0.2, 0.25) is 0 Å².